The molecular weight excluding hydrogens is 424 g/mol. The standard InChI is InChI=1S/C22H23ClN2O4S/c1-4-28-18-12-14(6-11-17(18)26)20-19(21(27)29-5-2)13(3)25(22(30)24-20)16-9-7-15(23)8-10-16/h6-12,20,26H,4-5H2,1-3H3,(H,24,30). The number of carbonyl (C=O) groups is 1. The summed E-state index contributed by atoms with van der Waals surface area (Å²) in [5.74, 6) is -0.0797. The molecule has 6 nitrogen and oxygen atoms in total. The van der Waals surface area contributed by atoms with Gasteiger partial charge in [-0.2, -0.15) is 0 Å². The Morgan fingerprint density at radius 2 is 1.90 bits per heavy atom. The Hall–Kier alpha value is -2.77. The Morgan fingerprint density at radius 1 is 1.20 bits per heavy atom. The van der Waals surface area contributed by atoms with E-state index in [0.717, 1.165) is 11.3 Å². The summed E-state index contributed by atoms with van der Waals surface area (Å²) in [5, 5.41) is 14.3. The highest BCUT2D eigenvalue weighted by molar-refractivity contribution is 7.80. The van der Waals surface area contributed by atoms with Gasteiger partial charge in [-0.1, -0.05) is 17.7 Å². The summed E-state index contributed by atoms with van der Waals surface area (Å²) >= 11 is 11.6. The van der Waals surface area contributed by atoms with E-state index in [-0.39, 0.29) is 12.4 Å². The van der Waals surface area contributed by atoms with Crippen LogP contribution >= 0.6 is 23.8 Å². The van der Waals surface area contributed by atoms with Crippen LogP contribution in [0.4, 0.5) is 5.69 Å². The molecule has 2 aromatic carbocycles. The maximum atomic E-state index is 12.9. The van der Waals surface area contributed by atoms with Gasteiger partial charge in [0.05, 0.1) is 24.8 Å². The highest BCUT2D eigenvalue weighted by Gasteiger charge is 2.35. The molecule has 8 heteroatoms. The van der Waals surface area contributed by atoms with Crippen molar-refractivity contribution in [2.24, 2.45) is 0 Å². The van der Waals surface area contributed by atoms with Crippen LogP contribution in [0.5, 0.6) is 11.5 Å². The summed E-state index contributed by atoms with van der Waals surface area (Å²) in [6.45, 7) is 6.06. The second-order valence-corrected chi connectivity index (χ2v) is 7.40. The first-order chi connectivity index (χ1) is 14.4. The number of phenols is 1. The average Bonchev–Trinajstić information content (AvgIpc) is 2.71. The minimum atomic E-state index is -0.556. The zero-order valence-corrected chi connectivity index (χ0v) is 18.5. The second-order valence-electron chi connectivity index (χ2n) is 6.57. The Morgan fingerprint density at radius 3 is 2.53 bits per heavy atom. The van der Waals surface area contributed by atoms with Crippen molar-refractivity contribution >= 4 is 40.6 Å². The maximum absolute atomic E-state index is 12.9. The van der Waals surface area contributed by atoms with E-state index in [1.54, 1.807) is 36.1 Å². The molecule has 1 heterocycles. The van der Waals surface area contributed by atoms with Gasteiger partial charge in [-0.25, -0.2) is 4.79 Å². The molecule has 0 radical (unpaired) electrons. The number of halogens is 1. The second kappa shape index (κ2) is 9.36. The number of phenolic OH excluding ortho intramolecular Hbond substituents is 1. The molecule has 1 aliphatic rings. The van der Waals surface area contributed by atoms with Gasteiger partial charge in [0.15, 0.2) is 16.6 Å². The lowest BCUT2D eigenvalue weighted by atomic mass is 9.94. The summed E-state index contributed by atoms with van der Waals surface area (Å²) in [5.41, 5.74) is 2.57. The first-order valence-electron chi connectivity index (χ1n) is 9.57. The molecule has 1 aliphatic heterocycles. The van der Waals surface area contributed by atoms with E-state index in [2.05, 4.69) is 5.32 Å². The Labute approximate surface area is 186 Å². The predicted molar refractivity (Wildman–Crippen MR) is 121 cm³/mol. The number of esters is 1. The number of allylic oxidation sites excluding steroid dienone is 1. The quantitative estimate of drug-likeness (QED) is 0.491. The van der Waals surface area contributed by atoms with Crippen LogP contribution in [-0.2, 0) is 9.53 Å². The van der Waals surface area contributed by atoms with Crippen molar-refractivity contribution in [1.29, 1.82) is 0 Å². The highest BCUT2D eigenvalue weighted by Crippen LogP contribution is 2.37. The topological polar surface area (TPSA) is 71.0 Å². The van der Waals surface area contributed by atoms with Crippen LogP contribution < -0.4 is 15.0 Å². The van der Waals surface area contributed by atoms with E-state index in [4.69, 9.17) is 33.3 Å². The summed E-state index contributed by atoms with van der Waals surface area (Å²) < 4.78 is 10.8. The zero-order valence-electron chi connectivity index (χ0n) is 16.9. The minimum absolute atomic E-state index is 0.0279. The van der Waals surface area contributed by atoms with E-state index < -0.39 is 12.0 Å². The van der Waals surface area contributed by atoms with Crippen LogP contribution in [0.15, 0.2) is 53.7 Å². The molecule has 1 unspecified atom stereocenters. The molecule has 0 bridgehead atoms. The SMILES string of the molecule is CCOC(=O)C1=C(C)N(c2ccc(Cl)cc2)C(=S)NC1c1ccc(O)c(OCC)c1. The van der Waals surface area contributed by atoms with Crippen molar-refractivity contribution in [1.82, 2.24) is 5.32 Å². The smallest absolute Gasteiger partial charge is 0.338 e. The number of aromatic hydroxyl groups is 1. The predicted octanol–water partition coefficient (Wildman–Crippen LogP) is 4.72. The molecule has 0 spiro atoms. The zero-order chi connectivity index (χ0) is 21.8. The van der Waals surface area contributed by atoms with Crippen molar-refractivity contribution < 1.29 is 19.4 Å². The molecule has 158 valence electrons. The lowest BCUT2D eigenvalue weighted by Crippen LogP contribution is -2.48. The van der Waals surface area contributed by atoms with Crippen molar-refractivity contribution in [3.63, 3.8) is 0 Å². The number of thiocarbonyl (C=S) groups is 1. The lowest BCUT2D eigenvalue weighted by Gasteiger charge is -2.37. The Bertz CT molecular complexity index is 991. The molecule has 30 heavy (non-hydrogen) atoms. The van der Waals surface area contributed by atoms with Gasteiger partial charge < -0.3 is 19.9 Å². The van der Waals surface area contributed by atoms with Gasteiger partial charge in [0, 0.05) is 16.4 Å². The van der Waals surface area contributed by atoms with E-state index in [1.165, 1.54) is 6.07 Å². The number of anilines is 1. The van der Waals surface area contributed by atoms with Gasteiger partial charge in [0.25, 0.3) is 0 Å². The summed E-state index contributed by atoms with van der Waals surface area (Å²) in [4.78, 5) is 14.7. The first kappa shape index (κ1) is 21.9. The number of nitrogens with one attached hydrogen (secondary N) is 1. The first-order valence-corrected chi connectivity index (χ1v) is 10.4. The van der Waals surface area contributed by atoms with Crippen molar-refractivity contribution in [3.8, 4) is 11.5 Å². The Kier molecular flexibility index (Phi) is 6.84. The number of hydrogen-bond donors (Lipinski definition) is 2. The van der Waals surface area contributed by atoms with E-state index in [0.29, 0.717) is 33.8 Å². The molecule has 0 saturated heterocycles. The van der Waals surface area contributed by atoms with Crippen LogP contribution in [0.2, 0.25) is 5.02 Å². The molecule has 0 saturated carbocycles. The molecule has 2 aromatic rings. The third kappa shape index (κ3) is 4.37. The van der Waals surface area contributed by atoms with Crippen molar-refractivity contribution in [2.45, 2.75) is 26.8 Å². The van der Waals surface area contributed by atoms with Gasteiger partial charge in [-0.3, -0.25) is 4.90 Å². The van der Waals surface area contributed by atoms with E-state index in [9.17, 15) is 9.90 Å². The van der Waals surface area contributed by atoms with Crippen LogP contribution in [-0.4, -0.2) is 29.4 Å². The monoisotopic (exact) mass is 446 g/mol. The van der Waals surface area contributed by atoms with Gasteiger partial charge in [0.2, 0.25) is 0 Å². The van der Waals surface area contributed by atoms with E-state index in [1.807, 2.05) is 26.0 Å². The fourth-order valence-electron chi connectivity index (χ4n) is 3.35. The minimum Gasteiger partial charge on any atom is -0.504 e. The number of hydrogen-bond acceptors (Lipinski definition) is 5. The fraction of sp³-hybridized carbons (Fsp3) is 0.273. The average molecular weight is 447 g/mol. The number of nitrogens with zero attached hydrogens (tertiary/aromatic N) is 1. The van der Waals surface area contributed by atoms with Crippen molar-refractivity contribution in [3.05, 3.63) is 64.3 Å². The number of rotatable bonds is 6. The normalized spacial score (nSPS) is 16.3. The summed E-state index contributed by atoms with van der Waals surface area (Å²) in [7, 11) is 0. The molecule has 0 fully saturated rings. The van der Waals surface area contributed by atoms with Crippen LogP contribution in [0, 0.1) is 0 Å². The van der Waals surface area contributed by atoms with Crippen LogP contribution in [0.3, 0.4) is 0 Å². The number of benzene rings is 2. The fourth-order valence-corrected chi connectivity index (χ4v) is 3.83. The number of ether oxygens (including phenoxy) is 2. The summed E-state index contributed by atoms with van der Waals surface area (Å²) in [6.07, 6.45) is 0. The van der Waals surface area contributed by atoms with E-state index >= 15 is 0 Å². The summed E-state index contributed by atoms with van der Waals surface area (Å²) in [6, 6.07) is 11.6. The van der Waals surface area contributed by atoms with Crippen LogP contribution in [0.1, 0.15) is 32.4 Å². The molecule has 1 atom stereocenters. The van der Waals surface area contributed by atoms with Crippen LogP contribution in [0.25, 0.3) is 0 Å². The van der Waals surface area contributed by atoms with Gasteiger partial charge in [-0.15, -0.1) is 0 Å². The lowest BCUT2D eigenvalue weighted by molar-refractivity contribution is -0.139. The van der Waals surface area contributed by atoms with Gasteiger partial charge in [0.1, 0.15) is 0 Å². The molecule has 0 aliphatic carbocycles. The number of carbonyl (C=O) groups excluding carboxylic acids is 1. The third-order valence-corrected chi connectivity index (χ3v) is 5.23. The Balaban J connectivity index is 2.12. The molecule has 3 rings (SSSR count). The molecular formula is C22H23ClN2O4S. The highest BCUT2D eigenvalue weighted by atomic mass is 35.5. The molecule has 0 aromatic heterocycles. The van der Waals surface area contributed by atoms with Gasteiger partial charge in [-0.05, 0) is 75.0 Å². The maximum Gasteiger partial charge on any atom is 0.338 e. The molecule has 0 amide bonds. The van der Waals surface area contributed by atoms with Gasteiger partial charge >= 0.3 is 5.97 Å². The molecule has 2 N–H and O–H groups in total. The third-order valence-electron chi connectivity index (χ3n) is 4.68. The largest absolute Gasteiger partial charge is 0.504 e. The van der Waals surface area contributed by atoms with Crippen molar-refractivity contribution in [2.75, 3.05) is 18.1 Å².